The molecule has 1 N–H and O–H groups in total. The molecule has 0 saturated carbocycles. The Morgan fingerprint density at radius 2 is 2.06 bits per heavy atom. The molecular formula is C12H9ClO4. The summed E-state index contributed by atoms with van der Waals surface area (Å²) in [5.74, 6) is -1.96. The van der Waals surface area contributed by atoms with E-state index in [1.807, 2.05) is 0 Å². The van der Waals surface area contributed by atoms with Crippen LogP contribution in [0.5, 0.6) is 0 Å². The second-order valence-electron chi connectivity index (χ2n) is 3.63. The Kier molecular flexibility index (Phi) is 2.90. The van der Waals surface area contributed by atoms with Gasteiger partial charge in [0.1, 0.15) is 0 Å². The number of Topliss-reactive ketones (excluding diaryl/α,β-unsaturated/α-hetero) is 1. The lowest BCUT2D eigenvalue weighted by atomic mass is 9.99. The number of rotatable bonds is 2. The first-order valence-corrected chi connectivity index (χ1v) is 5.29. The third-order valence-electron chi connectivity index (χ3n) is 2.50. The average molecular weight is 253 g/mol. The van der Waals surface area contributed by atoms with E-state index in [0.29, 0.717) is 10.6 Å². The summed E-state index contributed by atoms with van der Waals surface area (Å²) in [4.78, 5) is 22.7. The Labute approximate surface area is 102 Å². The fourth-order valence-electron chi connectivity index (χ4n) is 1.71. The first-order chi connectivity index (χ1) is 8.02. The summed E-state index contributed by atoms with van der Waals surface area (Å²) >= 11 is 5.96. The van der Waals surface area contributed by atoms with E-state index in [4.69, 9.17) is 16.3 Å². The molecule has 0 fully saturated rings. The molecule has 0 saturated heterocycles. The van der Waals surface area contributed by atoms with Crippen LogP contribution in [-0.2, 0) is 14.3 Å². The maximum Gasteiger partial charge on any atom is 0.374 e. The number of cyclic esters (lactones) is 1. The van der Waals surface area contributed by atoms with Crippen molar-refractivity contribution >= 4 is 23.4 Å². The molecule has 1 atom stereocenters. The first-order valence-electron chi connectivity index (χ1n) is 4.92. The van der Waals surface area contributed by atoms with Crippen molar-refractivity contribution in [2.24, 2.45) is 0 Å². The molecule has 1 heterocycles. The van der Waals surface area contributed by atoms with Crippen molar-refractivity contribution in [1.82, 2.24) is 0 Å². The number of aliphatic hydroxyl groups is 1. The predicted octanol–water partition coefficient (Wildman–Crippen LogP) is 2.34. The minimum absolute atomic E-state index is 0.0527. The summed E-state index contributed by atoms with van der Waals surface area (Å²) in [5.41, 5.74) is 0.430. The number of halogens is 1. The minimum Gasteiger partial charge on any atom is -0.501 e. The van der Waals surface area contributed by atoms with Gasteiger partial charge in [0.15, 0.2) is 11.9 Å². The largest absolute Gasteiger partial charge is 0.501 e. The maximum absolute atomic E-state index is 11.4. The van der Waals surface area contributed by atoms with Crippen LogP contribution in [0.4, 0.5) is 0 Å². The Morgan fingerprint density at radius 1 is 1.41 bits per heavy atom. The number of aliphatic hydroxyl groups excluding tert-OH is 1. The number of carbonyl (C=O) groups excluding carboxylic acids is 2. The van der Waals surface area contributed by atoms with Crippen LogP contribution in [-0.4, -0.2) is 16.9 Å². The molecule has 1 aliphatic heterocycles. The molecule has 1 aromatic carbocycles. The topological polar surface area (TPSA) is 63.6 Å². The van der Waals surface area contributed by atoms with Crippen LogP contribution >= 0.6 is 11.6 Å². The summed E-state index contributed by atoms with van der Waals surface area (Å²) in [6, 6.07) is 6.70. The van der Waals surface area contributed by atoms with E-state index in [9.17, 15) is 14.7 Å². The smallest absolute Gasteiger partial charge is 0.374 e. The zero-order chi connectivity index (χ0) is 12.6. The molecule has 4 nitrogen and oxygen atoms in total. The molecule has 0 unspecified atom stereocenters. The van der Waals surface area contributed by atoms with Gasteiger partial charge in [0, 0.05) is 10.6 Å². The van der Waals surface area contributed by atoms with Crippen molar-refractivity contribution < 1.29 is 19.4 Å². The third-order valence-corrected chi connectivity index (χ3v) is 2.85. The van der Waals surface area contributed by atoms with Crippen molar-refractivity contribution in [1.29, 1.82) is 0 Å². The van der Waals surface area contributed by atoms with Gasteiger partial charge in [0.2, 0.25) is 5.76 Å². The lowest BCUT2D eigenvalue weighted by Gasteiger charge is -2.13. The molecule has 17 heavy (non-hydrogen) atoms. The molecule has 0 aliphatic carbocycles. The Morgan fingerprint density at radius 3 is 2.65 bits per heavy atom. The number of ketones is 1. The van der Waals surface area contributed by atoms with Gasteiger partial charge in [-0.3, -0.25) is 4.79 Å². The predicted molar refractivity (Wildman–Crippen MR) is 60.6 cm³/mol. The van der Waals surface area contributed by atoms with E-state index < -0.39 is 23.6 Å². The lowest BCUT2D eigenvalue weighted by molar-refractivity contribution is -0.142. The highest BCUT2D eigenvalue weighted by Crippen LogP contribution is 2.37. The van der Waals surface area contributed by atoms with Gasteiger partial charge in [-0.2, -0.15) is 0 Å². The molecule has 0 radical (unpaired) electrons. The van der Waals surface area contributed by atoms with Crippen molar-refractivity contribution in [3.05, 3.63) is 46.2 Å². The number of ether oxygens (including phenoxy) is 1. The van der Waals surface area contributed by atoms with Gasteiger partial charge in [-0.25, -0.2) is 4.79 Å². The molecule has 1 aliphatic rings. The number of esters is 1. The van der Waals surface area contributed by atoms with Crippen LogP contribution in [0, 0.1) is 0 Å². The fourth-order valence-corrected chi connectivity index (χ4v) is 1.95. The Hall–Kier alpha value is -1.81. The van der Waals surface area contributed by atoms with Crippen molar-refractivity contribution in [3.8, 4) is 0 Å². The van der Waals surface area contributed by atoms with Gasteiger partial charge < -0.3 is 9.84 Å². The summed E-state index contributed by atoms with van der Waals surface area (Å²) in [7, 11) is 0. The van der Waals surface area contributed by atoms with Crippen LogP contribution in [0.2, 0.25) is 5.02 Å². The Balaban J connectivity index is 2.52. The number of carbonyl (C=O) groups is 2. The van der Waals surface area contributed by atoms with Crippen LogP contribution in [0.1, 0.15) is 18.6 Å². The monoisotopic (exact) mass is 252 g/mol. The highest BCUT2D eigenvalue weighted by atomic mass is 35.5. The standard InChI is InChI=1S/C12H9ClO4/c1-6(14)9-10(15)12(16)17-11(9)7-4-2-3-5-8(7)13/h2-5,11,15H,1H3/t11-/m0/s1. The minimum atomic E-state index is -0.923. The number of benzene rings is 1. The summed E-state index contributed by atoms with van der Waals surface area (Å²) < 4.78 is 4.95. The zero-order valence-electron chi connectivity index (χ0n) is 8.94. The van der Waals surface area contributed by atoms with E-state index in [1.54, 1.807) is 24.3 Å². The van der Waals surface area contributed by atoms with Gasteiger partial charge >= 0.3 is 5.97 Å². The maximum atomic E-state index is 11.4. The van der Waals surface area contributed by atoms with Gasteiger partial charge in [0.05, 0.1) is 5.57 Å². The summed E-state index contributed by atoms with van der Waals surface area (Å²) in [5, 5.41) is 9.87. The van der Waals surface area contributed by atoms with E-state index >= 15 is 0 Å². The van der Waals surface area contributed by atoms with Crippen LogP contribution in [0.3, 0.4) is 0 Å². The molecule has 88 valence electrons. The summed E-state index contributed by atoms with van der Waals surface area (Å²) in [6.07, 6.45) is -0.923. The SMILES string of the molecule is CC(=O)C1=C(O)C(=O)O[C@H]1c1ccccc1Cl. The molecule has 2 rings (SSSR count). The molecule has 0 spiro atoms. The van der Waals surface area contributed by atoms with E-state index in [-0.39, 0.29) is 5.57 Å². The normalized spacial score (nSPS) is 19.4. The number of hydrogen-bond donors (Lipinski definition) is 1. The number of hydrogen-bond acceptors (Lipinski definition) is 4. The van der Waals surface area contributed by atoms with Crippen molar-refractivity contribution in [2.75, 3.05) is 0 Å². The van der Waals surface area contributed by atoms with Gasteiger partial charge in [-0.05, 0) is 13.0 Å². The molecule has 0 aromatic heterocycles. The second kappa shape index (κ2) is 4.22. The first kappa shape index (κ1) is 11.7. The van der Waals surface area contributed by atoms with Gasteiger partial charge in [-0.15, -0.1) is 0 Å². The molecule has 1 aromatic rings. The molecular weight excluding hydrogens is 244 g/mol. The highest BCUT2D eigenvalue weighted by molar-refractivity contribution is 6.31. The highest BCUT2D eigenvalue weighted by Gasteiger charge is 2.38. The van der Waals surface area contributed by atoms with E-state index in [2.05, 4.69) is 0 Å². The van der Waals surface area contributed by atoms with E-state index in [1.165, 1.54) is 6.92 Å². The van der Waals surface area contributed by atoms with Gasteiger partial charge in [-0.1, -0.05) is 29.8 Å². The van der Waals surface area contributed by atoms with Crippen LogP contribution in [0.25, 0.3) is 0 Å². The van der Waals surface area contributed by atoms with Crippen LogP contribution in [0.15, 0.2) is 35.6 Å². The molecule has 5 heteroatoms. The van der Waals surface area contributed by atoms with Gasteiger partial charge in [0.25, 0.3) is 0 Å². The quantitative estimate of drug-likeness (QED) is 0.821. The van der Waals surface area contributed by atoms with E-state index in [0.717, 1.165) is 0 Å². The summed E-state index contributed by atoms with van der Waals surface area (Å²) in [6.45, 7) is 1.26. The zero-order valence-corrected chi connectivity index (χ0v) is 9.69. The second-order valence-corrected chi connectivity index (χ2v) is 4.03. The third kappa shape index (κ3) is 1.91. The lowest BCUT2D eigenvalue weighted by Crippen LogP contribution is -2.08. The van der Waals surface area contributed by atoms with Crippen LogP contribution < -0.4 is 0 Å². The fraction of sp³-hybridized carbons (Fsp3) is 0.167. The molecule has 0 amide bonds. The average Bonchev–Trinajstić information content (AvgIpc) is 2.56. The van der Waals surface area contributed by atoms with Crippen molar-refractivity contribution in [2.45, 2.75) is 13.0 Å². The molecule has 0 bridgehead atoms. The Bertz CT molecular complexity index is 533. The van der Waals surface area contributed by atoms with Crippen molar-refractivity contribution in [3.63, 3.8) is 0 Å².